The lowest BCUT2D eigenvalue weighted by Gasteiger charge is -2.37. The average molecular weight is 301 g/mol. The Morgan fingerprint density at radius 1 is 1.27 bits per heavy atom. The second kappa shape index (κ2) is 7.23. The fraction of sp³-hybridized carbons (Fsp3) is 0.667. The van der Waals surface area contributed by atoms with Gasteiger partial charge in [0.2, 0.25) is 5.91 Å². The predicted molar refractivity (Wildman–Crippen MR) is 87.2 cm³/mol. The summed E-state index contributed by atoms with van der Waals surface area (Å²) in [6, 6.07) is 4.11. The first-order valence-electron chi connectivity index (χ1n) is 8.62. The third-order valence-corrected chi connectivity index (χ3v) is 5.03. The van der Waals surface area contributed by atoms with Crippen molar-refractivity contribution >= 4 is 5.91 Å². The van der Waals surface area contributed by atoms with Gasteiger partial charge in [-0.2, -0.15) is 0 Å². The monoisotopic (exact) mass is 301 g/mol. The van der Waals surface area contributed by atoms with Gasteiger partial charge in [0.25, 0.3) is 0 Å². The van der Waals surface area contributed by atoms with Crippen LogP contribution in [0.5, 0.6) is 0 Å². The van der Waals surface area contributed by atoms with E-state index >= 15 is 0 Å². The van der Waals surface area contributed by atoms with Crippen LogP contribution in [0.15, 0.2) is 24.5 Å². The number of hydrogen-bond donors (Lipinski definition) is 0. The number of amides is 1. The molecule has 4 nitrogen and oxygen atoms in total. The minimum atomic E-state index is 0.246. The van der Waals surface area contributed by atoms with E-state index in [0.29, 0.717) is 11.8 Å². The molecule has 22 heavy (non-hydrogen) atoms. The Kier molecular flexibility index (Phi) is 5.08. The normalized spacial score (nSPS) is 24.4. The molecule has 0 spiro atoms. The lowest BCUT2D eigenvalue weighted by Crippen LogP contribution is -2.45. The van der Waals surface area contributed by atoms with Gasteiger partial charge in [-0.25, -0.2) is 0 Å². The average Bonchev–Trinajstić information content (AvgIpc) is 2.56. The quantitative estimate of drug-likeness (QED) is 0.861. The topological polar surface area (TPSA) is 36.4 Å². The highest BCUT2D eigenvalue weighted by molar-refractivity contribution is 5.79. The molecule has 2 aliphatic heterocycles. The molecule has 1 atom stereocenters. The van der Waals surface area contributed by atoms with Crippen molar-refractivity contribution in [3.05, 3.63) is 30.1 Å². The van der Waals surface area contributed by atoms with E-state index in [4.69, 9.17) is 0 Å². The van der Waals surface area contributed by atoms with Gasteiger partial charge >= 0.3 is 0 Å². The summed E-state index contributed by atoms with van der Waals surface area (Å²) in [5.41, 5.74) is 1.26. The van der Waals surface area contributed by atoms with E-state index in [-0.39, 0.29) is 5.92 Å². The molecular weight excluding hydrogens is 274 g/mol. The van der Waals surface area contributed by atoms with Crippen LogP contribution in [-0.2, 0) is 11.3 Å². The van der Waals surface area contributed by atoms with E-state index in [0.717, 1.165) is 45.6 Å². The second-order valence-corrected chi connectivity index (χ2v) is 6.94. The van der Waals surface area contributed by atoms with Gasteiger partial charge in [0.1, 0.15) is 0 Å². The van der Waals surface area contributed by atoms with Crippen LogP contribution in [0.2, 0.25) is 0 Å². The number of carbonyl (C=O) groups is 1. The van der Waals surface area contributed by atoms with Crippen LogP contribution < -0.4 is 0 Å². The number of hydrogen-bond acceptors (Lipinski definition) is 3. The highest BCUT2D eigenvalue weighted by Crippen LogP contribution is 2.24. The Morgan fingerprint density at radius 2 is 2.09 bits per heavy atom. The van der Waals surface area contributed by atoms with Crippen LogP contribution in [-0.4, -0.2) is 46.9 Å². The Balaban J connectivity index is 1.48. The highest BCUT2D eigenvalue weighted by atomic mass is 16.2. The molecule has 2 saturated heterocycles. The van der Waals surface area contributed by atoms with Crippen molar-refractivity contribution in [2.45, 2.75) is 39.2 Å². The van der Waals surface area contributed by atoms with E-state index < -0.39 is 0 Å². The first-order chi connectivity index (χ1) is 10.7. The van der Waals surface area contributed by atoms with Crippen LogP contribution >= 0.6 is 0 Å². The van der Waals surface area contributed by atoms with Gasteiger partial charge in [-0.1, -0.05) is 13.0 Å². The van der Waals surface area contributed by atoms with E-state index in [1.54, 1.807) is 0 Å². The Bertz CT molecular complexity index is 482. The molecule has 1 amide bonds. The summed E-state index contributed by atoms with van der Waals surface area (Å²) in [5.74, 6) is 1.33. The maximum atomic E-state index is 12.7. The van der Waals surface area contributed by atoms with Crippen molar-refractivity contribution in [2.24, 2.45) is 11.8 Å². The minimum absolute atomic E-state index is 0.246. The highest BCUT2D eigenvalue weighted by Gasteiger charge is 2.30. The van der Waals surface area contributed by atoms with Crippen LogP contribution in [0.1, 0.15) is 38.2 Å². The zero-order chi connectivity index (χ0) is 15.4. The zero-order valence-corrected chi connectivity index (χ0v) is 13.6. The summed E-state index contributed by atoms with van der Waals surface area (Å²) < 4.78 is 0. The summed E-state index contributed by atoms with van der Waals surface area (Å²) in [4.78, 5) is 21.4. The Morgan fingerprint density at radius 3 is 2.77 bits per heavy atom. The predicted octanol–water partition coefficient (Wildman–Crippen LogP) is 2.55. The second-order valence-electron chi connectivity index (χ2n) is 6.94. The van der Waals surface area contributed by atoms with Crippen molar-refractivity contribution in [3.63, 3.8) is 0 Å². The van der Waals surface area contributed by atoms with Crippen molar-refractivity contribution < 1.29 is 4.79 Å². The van der Waals surface area contributed by atoms with Gasteiger partial charge in [-0.05, 0) is 56.3 Å². The standard InChI is InChI=1S/C18H27N3O/c1-15-4-3-9-21(13-15)18(22)17-6-10-20(11-7-17)14-16-5-2-8-19-12-16/h2,5,8,12,15,17H,3-4,6-7,9-11,13-14H2,1H3/t15-/m0/s1. The number of rotatable bonds is 3. The third-order valence-electron chi connectivity index (χ3n) is 5.03. The molecule has 0 saturated carbocycles. The molecule has 120 valence electrons. The van der Waals surface area contributed by atoms with Crippen molar-refractivity contribution in [3.8, 4) is 0 Å². The Labute approximate surface area is 133 Å². The molecule has 3 rings (SSSR count). The van der Waals surface area contributed by atoms with E-state index in [1.807, 2.05) is 18.5 Å². The molecular formula is C18H27N3O. The SMILES string of the molecule is C[C@H]1CCCN(C(=O)C2CCN(Cc3cccnc3)CC2)C1. The fourth-order valence-corrected chi connectivity index (χ4v) is 3.74. The number of nitrogens with zero attached hydrogens (tertiary/aromatic N) is 3. The molecule has 0 aromatic carbocycles. The van der Waals surface area contributed by atoms with Crippen molar-refractivity contribution in [2.75, 3.05) is 26.2 Å². The lowest BCUT2D eigenvalue weighted by atomic mass is 9.92. The van der Waals surface area contributed by atoms with Crippen LogP contribution in [0, 0.1) is 11.8 Å². The number of piperidine rings is 2. The molecule has 3 heterocycles. The van der Waals surface area contributed by atoms with Crippen LogP contribution in [0.3, 0.4) is 0 Å². The number of carbonyl (C=O) groups excluding carboxylic acids is 1. The number of pyridine rings is 1. The summed E-state index contributed by atoms with van der Waals surface area (Å²) in [7, 11) is 0. The van der Waals surface area contributed by atoms with Crippen molar-refractivity contribution in [1.29, 1.82) is 0 Å². The molecule has 1 aromatic heterocycles. The smallest absolute Gasteiger partial charge is 0.225 e. The lowest BCUT2D eigenvalue weighted by molar-refractivity contribution is -0.138. The van der Waals surface area contributed by atoms with E-state index in [1.165, 1.54) is 18.4 Å². The minimum Gasteiger partial charge on any atom is -0.342 e. The summed E-state index contributed by atoms with van der Waals surface area (Å²) >= 11 is 0. The van der Waals surface area contributed by atoms with Crippen molar-refractivity contribution in [1.82, 2.24) is 14.8 Å². The molecule has 0 bridgehead atoms. The third kappa shape index (κ3) is 3.86. The fourth-order valence-electron chi connectivity index (χ4n) is 3.74. The van der Waals surface area contributed by atoms with Crippen LogP contribution in [0.4, 0.5) is 0 Å². The molecule has 0 unspecified atom stereocenters. The molecule has 2 aliphatic rings. The van der Waals surface area contributed by atoms with E-state index in [9.17, 15) is 4.79 Å². The molecule has 4 heteroatoms. The number of aromatic nitrogens is 1. The van der Waals surface area contributed by atoms with Gasteiger partial charge in [-0.3, -0.25) is 14.7 Å². The summed E-state index contributed by atoms with van der Waals surface area (Å²) in [6.07, 6.45) is 8.20. The van der Waals surface area contributed by atoms with Gasteiger partial charge in [-0.15, -0.1) is 0 Å². The molecule has 1 aromatic rings. The van der Waals surface area contributed by atoms with Gasteiger partial charge < -0.3 is 4.90 Å². The molecule has 0 radical (unpaired) electrons. The maximum Gasteiger partial charge on any atom is 0.225 e. The van der Waals surface area contributed by atoms with E-state index in [2.05, 4.69) is 27.8 Å². The van der Waals surface area contributed by atoms with Gasteiger partial charge in [0.15, 0.2) is 0 Å². The number of likely N-dealkylation sites (tertiary alicyclic amines) is 2. The summed E-state index contributed by atoms with van der Waals surface area (Å²) in [6.45, 7) is 7.20. The maximum absolute atomic E-state index is 12.7. The van der Waals surface area contributed by atoms with Crippen LogP contribution in [0.25, 0.3) is 0 Å². The molecule has 0 aliphatic carbocycles. The molecule has 0 N–H and O–H groups in total. The van der Waals surface area contributed by atoms with Gasteiger partial charge in [0.05, 0.1) is 0 Å². The zero-order valence-electron chi connectivity index (χ0n) is 13.6. The Hall–Kier alpha value is -1.42. The van der Waals surface area contributed by atoms with Gasteiger partial charge in [0, 0.05) is 37.9 Å². The largest absolute Gasteiger partial charge is 0.342 e. The first kappa shape index (κ1) is 15.5. The molecule has 2 fully saturated rings. The summed E-state index contributed by atoms with van der Waals surface area (Å²) in [5, 5.41) is 0. The first-order valence-corrected chi connectivity index (χ1v) is 8.62.